The van der Waals surface area contributed by atoms with Gasteiger partial charge in [-0.3, -0.25) is 43.0 Å². The number of carbonyl (C=O) groups is 6. The number of halogens is 1. The Labute approximate surface area is 595 Å². The highest BCUT2D eigenvalue weighted by molar-refractivity contribution is 7.11. The molecule has 3 N–H and O–H groups in total. The van der Waals surface area contributed by atoms with Gasteiger partial charge in [0.05, 0.1) is 68.6 Å². The number of pyridine rings is 1. The van der Waals surface area contributed by atoms with Crippen molar-refractivity contribution in [3.8, 4) is 58.2 Å². The molecule has 0 unspecified atom stereocenters. The maximum absolute atomic E-state index is 13.0. The number of aliphatic hydroxyl groups is 1. The molecule has 2 saturated carbocycles. The molecule has 9 rings (SSSR count). The second kappa shape index (κ2) is 38.5. The van der Waals surface area contributed by atoms with Crippen molar-refractivity contribution in [2.24, 2.45) is 21.7 Å². The minimum absolute atomic E-state index is 0.0139. The second-order valence-corrected chi connectivity index (χ2v) is 28.4. The zero-order valence-corrected chi connectivity index (χ0v) is 62.0. The number of thiazole rings is 1. The molecule has 0 atom stereocenters. The van der Waals surface area contributed by atoms with Crippen LogP contribution in [0, 0.1) is 62.2 Å². The van der Waals surface area contributed by atoms with Gasteiger partial charge in [0.1, 0.15) is 69.1 Å². The maximum Gasteiger partial charge on any atom is 0.298 e. The highest BCUT2D eigenvalue weighted by Crippen LogP contribution is 2.40. The van der Waals surface area contributed by atoms with Gasteiger partial charge in [0.25, 0.3) is 12.1 Å². The topological polar surface area (TPSA) is 321 Å². The number of carbonyl (C=O) groups excluding carboxylic acids is 6. The number of rotatable bonds is 12. The molecule has 25 heteroatoms. The van der Waals surface area contributed by atoms with Crippen molar-refractivity contribution in [1.29, 1.82) is 15.8 Å². The quantitative estimate of drug-likeness (QED) is 0.0171. The van der Waals surface area contributed by atoms with Crippen LogP contribution in [0.15, 0.2) is 106 Å². The molecule has 0 aliphatic heterocycles. The normalized spacial score (nSPS) is 16.0. The number of allylic oxidation sites excluding steroid dienone is 5. The molecule has 4 aliphatic rings. The maximum atomic E-state index is 13.0. The van der Waals surface area contributed by atoms with Crippen LogP contribution >= 0.6 is 22.9 Å². The standard InChI is InChI=1S/C20H17ClN2O2S.C20H20N2O4.C11H17NO2.C8H11NO2.C8H12O2.C5H13NO2.C3H2N2/c1-20(2)8-17(24)15(18(25)9-20)7-13(10-22)19-23-16(11-26-19)12-3-5-14(21)6-4-12;1-20(2)9-16-14(17(23)10-20)7-12(11-21)19(24)22(16)15-8-13(25-3)5-6-18(15)26-4;1-11(2)5-9(13)8(7-12(3)4)10(14)6-11;1-10-6-3-4-8(11-2)7(9)5-6;1-8(2)4-6(9)3-7(10)5-8;1-6(2)5(7-3)8-4;1-5-3-2-4/h3-7,11,24H,8-9H2,1-2H3;5-8H,9-10H2,1-4H3;7H,5-6H2,1-4H3;3-5H,9H2,1-2H3;3-5H2,1-2H3;5H,1-4H3;3H2/b13-7+;;;;;;. The molecule has 0 radical (unpaired) electrons. The Kier molecular flexibility index (Phi) is 32.5. The van der Waals surface area contributed by atoms with Crippen molar-refractivity contribution in [1.82, 2.24) is 19.4 Å². The number of ketones is 6. The van der Waals surface area contributed by atoms with Crippen molar-refractivity contribution in [3.05, 3.63) is 150 Å². The van der Waals surface area contributed by atoms with Crippen LogP contribution in [0.1, 0.15) is 133 Å². The lowest BCUT2D eigenvalue weighted by Gasteiger charge is -2.32. The molecule has 2 fully saturated rings. The van der Waals surface area contributed by atoms with Crippen molar-refractivity contribution in [3.63, 3.8) is 0 Å². The zero-order chi connectivity index (χ0) is 75.6. The van der Waals surface area contributed by atoms with Crippen LogP contribution in [-0.4, -0.2) is 143 Å². The van der Waals surface area contributed by atoms with E-state index in [1.54, 1.807) is 94.1 Å². The van der Waals surface area contributed by atoms with Crippen molar-refractivity contribution < 1.29 is 62.3 Å². The van der Waals surface area contributed by atoms with Gasteiger partial charge in [-0.1, -0.05) is 79.1 Å². The largest absolute Gasteiger partial charge is 0.512 e. The third-order valence-electron chi connectivity index (χ3n) is 15.2. The number of nitrogen functional groups attached to an aromatic ring is 1. The number of Topliss-reactive ketones (excluding diaryl/α,β-unsaturated/α-hetero) is 6. The molecule has 0 saturated heterocycles. The molecule has 5 aromatic rings. The van der Waals surface area contributed by atoms with Gasteiger partial charge >= 0.3 is 0 Å². The summed E-state index contributed by atoms with van der Waals surface area (Å²) in [5.41, 5.74) is 8.80. The number of hydrogen-bond donors (Lipinski definition) is 2. The molecule has 4 aliphatic carbocycles. The molecule has 2 aromatic heterocycles. The SMILES string of the molecule is CC1(C)CC(=O)C(/C=C(\C#N)c2nc(-c3ccc(Cl)cc3)cs2)=C(O)C1.CC1(C)CC(=O)CC(=O)C1.CN(C)C=C1C(=O)CC(C)(C)CC1=O.COC(OC)N(C)C.COc1ccc(OC)c(-n2c3c(cc(C#N)c2=O)C(=O)CC(C)(C)C3)c1.COc1ccc(OC)c(N)c1.[C-]#[N+]CC#N. The lowest BCUT2D eigenvalue weighted by Crippen LogP contribution is -2.35. The molecule has 0 spiro atoms. The summed E-state index contributed by atoms with van der Waals surface area (Å²) in [6.07, 6.45) is 6.78. The number of nitrogens with two attached hydrogens (primary N) is 1. The fraction of sp³-hybridized carbons (Fsp3) is 0.440. The number of benzene rings is 3. The van der Waals surface area contributed by atoms with E-state index >= 15 is 0 Å². The van der Waals surface area contributed by atoms with Gasteiger partial charge in [-0.2, -0.15) is 15.8 Å². The molecular formula is C75H92ClN9O14S. The fourth-order valence-electron chi connectivity index (χ4n) is 10.9. The number of aliphatic hydroxyl groups excluding tert-OH is 1. The highest BCUT2D eigenvalue weighted by atomic mass is 35.5. The number of anilines is 1. The summed E-state index contributed by atoms with van der Waals surface area (Å²) in [5.74, 6) is 2.38. The summed E-state index contributed by atoms with van der Waals surface area (Å²) in [5, 5.41) is 39.7. The summed E-state index contributed by atoms with van der Waals surface area (Å²) in [6.45, 7) is 21.7. The summed E-state index contributed by atoms with van der Waals surface area (Å²) >= 11 is 7.22. The Balaban J connectivity index is 0.000000324. The molecule has 2 heterocycles. The van der Waals surface area contributed by atoms with Gasteiger partial charge in [0, 0.05) is 119 Å². The first-order valence-electron chi connectivity index (χ1n) is 31.4. The van der Waals surface area contributed by atoms with Crippen LogP contribution in [-0.2, 0) is 39.9 Å². The van der Waals surface area contributed by atoms with Crippen molar-refractivity contribution in [2.75, 3.05) is 83.1 Å². The average Bonchev–Trinajstić information content (AvgIpc) is 0.951. The number of methoxy groups -OCH3 is 6. The Hall–Kier alpha value is -9.79. The van der Waals surface area contributed by atoms with E-state index in [2.05, 4.69) is 15.9 Å². The van der Waals surface area contributed by atoms with Gasteiger partial charge in [0.2, 0.25) is 6.41 Å². The Morgan fingerprint density at radius 2 is 1.21 bits per heavy atom. The highest BCUT2D eigenvalue weighted by Gasteiger charge is 2.37. The first-order valence-corrected chi connectivity index (χ1v) is 32.7. The summed E-state index contributed by atoms with van der Waals surface area (Å²) < 4.78 is 31.8. The number of nitriles is 3. The Morgan fingerprint density at radius 3 is 1.65 bits per heavy atom. The first-order chi connectivity index (χ1) is 46.8. The van der Waals surface area contributed by atoms with Crippen LogP contribution in [0.25, 0.3) is 27.4 Å². The van der Waals surface area contributed by atoms with Crippen LogP contribution in [0.2, 0.25) is 5.02 Å². The molecule has 0 amide bonds. The fourth-order valence-corrected chi connectivity index (χ4v) is 11.8. The minimum Gasteiger partial charge on any atom is -0.512 e. The first kappa shape index (κ1) is 84.4. The van der Waals surface area contributed by atoms with Crippen molar-refractivity contribution in [2.45, 2.75) is 120 Å². The smallest absolute Gasteiger partial charge is 0.298 e. The number of nitrogens with zero attached hydrogens (tertiary/aromatic N) is 8. The molecule has 0 bridgehead atoms. The number of hydrogen-bond acceptors (Lipinski definition) is 22. The summed E-state index contributed by atoms with van der Waals surface area (Å²) in [6, 6.07) is 24.7. The van der Waals surface area contributed by atoms with Gasteiger partial charge in [0.15, 0.2) is 23.1 Å². The molecule has 3 aromatic carbocycles. The molecule has 100 heavy (non-hydrogen) atoms. The van der Waals surface area contributed by atoms with Gasteiger partial charge in [-0.15, -0.1) is 11.3 Å². The van der Waals surface area contributed by atoms with E-state index in [-0.39, 0.29) is 98.2 Å². The van der Waals surface area contributed by atoms with Gasteiger partial charge in [-0.05, 0) is 90.7 Å². The number of ether oxygens (including phenoxy) is 6. The predicted octanol–water partition coefficient (Wildman–Crippen LogP) is 13.0. The molecule has 23 nitrogen and oxygen atoms in total. The summed E-state index contributed by atoms with van der Waals surface area (Å²) in [7, 11) is 16.8. The monoisotopic (exact) mass is 1410 g/mol. The van der Waals surface area contributed by atoms with Crippen LogP contribution < -0.4 is 30.2 Å². The van der Waals surface area contributed by atoms with Gasteiger partial charge in [-0.25, -0.2) is 11.6 Å². The van der Waals surface area contributed by atoms with Crippen molar-refractivity contribution >= 4 is 68.9 Å². The molecule has 534 valence electrons. The lowest BCUT2D eigenvalue weighted by atomic mass is 9.74. The van der Waals surface area contributed by atoms with E-state index in [1.165, 1.54) is 42.3 Å². The zero-order valence-electron chi connectivity index (χ0n) is 60.4. The van der Waals surface area contributed by atoms with Crippen LogP contribution in [0.3, 0.4) is 0 Å². The average molecular weight is 1410 g/mol. The number of fused-ring (bicyclic) bond motifs is 1. The second-order valence-electron chi connectivity index (χ2n) is 27.1. The van der Waals surface area contributed by atoms with E-state index in [9.17, 15) is 49.2 Å². The number of aromatic nitrogens is 2. The molecular weight excluding hydrogens is 1320 g/mol. The lowest BCUT2D eigenvalue weighted by molar-refractivity contribution is -0.179. The Morgan fingerprint density at radius 1 is 0.700 bits per heavy atom. The van der Waals surface area contributed by atoms with E-state index in [1.807, 2.05) is 112 Å². The van der Waals surface area contributed by atoms with Crippen LogP contribution in [0.5, 0.6) is 23.0 Å². The van der Waals surface area contributed by atoms with E-state index in [0.717, 1.165) is 17.0 Å². The van der Waals surface area contributed by atoms with E-state index in [0.29, 0.717) is 107 Å². The third-order valence-corrected chi connectivity index (χ3v) is 16.4. The van der Waals surface area contributed by atoms with E-state index < -0.39 is 5.56 Å². The minimum atomic E-state index is -0.469. The van der Waals surface area contributed by atoms with Gasteiger partial charge < -0.3 is 49.0 Å². The third kappa shape index (κ3) is 25.8. The predicted molar refractivity (Wildman–Crippen MR) is 385 cm³/mol. The Bertz CT molecular complexity index is 4040. The summed E-state index contributed by atoms with van der Waals surface area (Å²) in [4.78, 5) is 93.8. The van der Waals surface area contributed by atoms with E-state index in [4.69, 9.17) is 57.6 Å². The van der Waals surface area contributed by atoms with Crippen LogP contribution in [0.4, 0.5) is 5.69 Å².